The molecule has 1 rings (SSSR count). The molecule has 4 atom stereocenters. The zero-order chi connectivity index (χ0) is 11.6. The Bertz CT molecular complexity index is 223. The fourth-order valence-corrected chi connectivity index (χ4v) is 1.83. The summed E-state index contributed by atoms with van der Waals surface area (Å²) in [6, 6.07) is -0.0377. The van der Waals surface area contributed by atoms with Gasteiger partial charge in [-0.15, -0.1) is 0 Å². The monoisotopic (exact) mass is 217 g/mol. The number of nitrogens with zero attached hydrogens (tertiary/aromatic N) is 1. The van der Waals surface area contributed by atoms with Crippen molar-refractivity contribution in [2.24, 2.45) is 5.92 Å². The van der Waals surface area contributed by atoms with Gasteiger partial charge in [0.25, 0.3) is 0 Å². The molecule has 1 saturated heterocycles. The Kier molecular flexibility index (Phi) is 4.07. The lowest BCUT2D eigenvalue weighted by Crippen LogP contribution is -2.40. The first-order valence-corrected chi connectivity index (χ1v) is 5.15. The molecule has 1 aliphatic heterocycles. The van der Waals surface area contributed by atoms with Gasteiger partial charge in [0.15, 0.2) is 0 Å². The predicted molar refractivity (Wildman–Crippen MR) is 54.2 cm³/mol. The van der Waals surface area contributed by atoms with Crippen molar-refractivity contribution in [3.63, 3.8) is 0 Å². The molecule has 0 spiro atoms. The van der Waals surface area contributed by atoms with Crippen LogP contribution >= 0.6 is 0 Å². The summed E-state index contributed by atoms with van der Waals surface area (Å²) < 4.78 is 4.66. The molecular weight excluding hydrogens is 198 g/mol. The topological polar surface area (TPSA) is 70.0 Å². The number of carbonyl (C=O) groups is 1. The van der Waals surface area contributed by atoms with E-state index in [1.807, 2.05) is 11.8 Å². The average molecular weight is 217 g/mol. The summed E-state index contributed by atoms with van der Waals surface area (Å²) >= 11 is 0. The Morgan fingerprint density at radius 1 is 1.33 bits per heavy atom. The van der Waals surface area contributed by atoms with E-state index < -0.39 is 12.2 Å². The van der Waals surface area contributed by atoms with Crippen LogP contribution in [-0.4, -0.2) is 59.5 Å². The molecule has 0 aromatic heterocycles. The van der Waals surface area contributed by atoms with Gasteiger partial charge in [-0.3, -0.25) is 9.69 Å². The van der Waals surface area contributed by atoms with Gasteiger partial charge in [0.1, 0.15) is 0 Å². The minimum atomic E-state index is -0.711. The zero-order valence-electron chi connectivity index (χ0n) is 9.38. The molecule has 1 fully saturated rings. The largest absolute Gasteiger partial charge is 0.469 e. The molecule has 2 N–H and O–H groups in total. The third kappa shape index (κ3) is 2.68. The minimum Gasteiger partial charge on any atom is -0.469 e. The molecular formula is C10H19NO4. The number of likely N-dealkylation sites (tertiary alicyclic amines) is 1. The lowest BCUT2D eigenvalue weighted by molar-refractivity contribution is -0.146. The van der Waals surface area contributed by atoms with Crippen molar-refractivity contribution in [1.29, 1.82) is 0 Å². The Morgan fingerprint density at radius 2 is 1.80 bits per heavy atom. The van der Waals surface area contributed by atoms with E-state index in [1.54, 1.807) is 6.92 Å². The number of hydrogen-bond acceptors (Lipinski definition) is 5. The first-order chi connectivity index (χ1) is 6.97. The normalized spacial score (nSPS) is 31.3. The second-order valence-corrected chi connectivity index (χ2v) is 4.14. The minimum absolute atomic E-state index is 0.0377. The summed E-state index contributed by atoms with van der Waals surface area (Å²) in [6.45, 7) is 4.49. The first-order valence-electron chi connectivity index (χ1n) is 5.15. The lowest BCUT2D eigenvalue weighted by atomic mass is 10.0. The van der Waals surface area contributed by atoms with Crippen molar-refractivity contribution in [3.05, 3.63) is 0 Å². The van der Waals surface area contributed by atoms with Crippen molar-refractivity contribution in [1.82, 2.24) is 4.90 Å². The summed E-state index contributed by atoms with van der Waals surface area (Å²) in [6.07, 6.45) is -1.42. The lowest BCUT2D eigenvalue weighted by Gasteiger charge is -2.27. The molecule has 5 nitrogen and oxygen atoms in total. The van der Waals surface area contributed by atoms with Crippen LogP contribution in [0.15, 0.2) is 0 Å². The highest BCUT2D eigenvalue weighted by Gasteiger charge is 2.35. The predicted octanol–water partition coefficient (Wildman–Crippen LogP) is -0.779. The summed E-state index contributed by atoms with van der Waals surface area (Å²) in [5.41, 5.74) is 0. The van der Waals surface area contributed by atoms with Gasteiger partial charge in [0.05, 0.1) is 25.2 Å². The summed E-state index contributed by atoms with van der Waals surface area (Å²) in [4.78, 5) is 13.2. The molecule has 88 valence electrons. The SMILES string of the molecule is COC(=O)C(C)C(C)N1C[C@@H](O)[C@@H](O)C1. The van der Waals surface area contributed by atoms with Gasteiger partial charge in [0, 0.05) is 19.1 Å². The Morgan fingerprint density at radius 3 is 2.20 bits per heavy atom. The van der Waals surface area contributed by atoms with Crippen molar-refractivity contribution in [2.75, 3.05) is 20.2 Å². The van der Waals surface area contributed by atoms with Crippen LogP contribution in [-0.2, 0) is 9.53 Å². The number of β-amino-alcohol motifs (C(OH)–C–C–N with tert-alkyl or cyclic N) is 2. The highest BCUT2D eigenvalue weighted by molar-refractivity contribution is 5.72. The highest BCUT2D eigenvalue weighted by atomic mass is 16.5. The van der Waals surface area contributed by atoms with Gasteiger partial charge in [-0.25, -0.2) is 0 Å². The molecule has 0 aliphatic carbocycles. The third-order valence-corrected chi connectivity index (χ3v) is 3.16. The van der Waals surface area contributed by atoms with Crippen LogP contribution in [0.25, 0.3) is 0 Å². The number of methoxy groups -OCH3 is 1. The van der Waals surface area contributed by atoms with E-state index in [2.05, 4.69) is 4.74 Å². The number of rotatable bonds is 3. The van der Waals surface area contributed by atoms with E-state index in [9.17, 15) is 15.0 Å². The van der Waals surface area contributed by atoms with Crippen LogP contribution < -0.4 is 0 Å². The molecule has 0 bridgehead atoms. The Hall–Kier alpha value is -0.650. The summed E-state index contributed by atoms with van der Waals surface area (Å²) in [5.74, 6) is -0.522. The summed E-state index contributed by atoms with van der Waals surface area (Å²) in [7, 11) is 1.36. The molecule has 0 saturated carbocycles. The Balaban J connectivity index is 2.54. The molecule has 1 heterocycles. The smallest absolute Gasteiger partial charge is 0.309 e. The van der Waals surface area contributed by atoms with E-state index in [0.29, 0.717) is 13.1 Å². The highest BCUT2D eigenvalue weighted by Crippen LogP contribution is 2.19. The van der Waals surface area contributed by atoms with Gasteiger partial charge in [-0.2, -0.15) is 0 Å². The number of ether oxygens (including phenoxy) is 1. The molecule has 0 aromatic carbocycles. The maximum atomic E-state index is 11.3. The zero-order valence-corrected chi connectivity index (χ0v) is 9.38. The summed E-state index contributed by atoms with van der Waals surface area (Å²) in [5, 5.41) is 18.8. The van der Waals surface area contributed by atoms with Gasteiger partial charge < -0.3 is 14.9 Å². The van der Waals surface area contributed by atoms with E-state index in [1.165, 1.54) is 7.11 Å². The van der Waals surface area contributed by atoms with E-state index in [0.717, 1.165) is 0 Å². The van der Waals surface area contributed by atoms with Crippen LogP contribution in [0, 0.1) is 5.92 Å². The van der Waals surface area contributed by atoms with E-state index in [-0.39, 0.29) is 17.9 Å². The Labute approximate surface area is 89.6 Å². The maximum Gasteiger partial charge on any atom is 0.309 e. The van der Waals surface area contributed by atoms with Crippen LogP contribution in [0.4, 0.5) is 0 Å². The second-order valence-electron chi connectivity index (χ2n) is 4.14. The van der Waals surface area contributed by atoms with Crippen LogP contribution in [0.3, 0.4) is 0 Å². The number of esters is 1. The fraction of sp³-hybridized carbons (Fsp3) is 0.900. The van der Waals surface area contributed by atoms with Gasteiger partial charge in [-0.05, 0) is 6.92 Å². The molecule has 5 heteroatoms. The third-order valence-electron chi connectivity index (χ3n) is 3.16. The second kappa shape index (κ2) is 4.92. The van der Waals surface area contributed by atoms with E-state index >= 15 is 0 Å². The fourth-order valence-electron chi connectivity index (χ4n) is 1.83. The average Bonchev–Trinajstić information content (AvgIpc) is 2.56. The van der Waals surface area contributed by atoms with Crippen molar-refractivity contribution in [3.8, 4) is 0 Å². The number of hydrogen-bond donors (Lipinski definition) is 2. The first kappa shape index (κ1) is 12.4. The van der Waals surface area contributed by atoms with Gasteiger partial charge in [0.2, 0.25) is 0 Å². The molecule has 0 radical (unpaired) electrons. The maximum absolute atomic E-state index is 11.3. The standard InChI is InChI=1S/C10H19NO4/c1-6(10(14)15-3)7(2)11-4-8(12)9(13)5-11/h6-9,12-13H,4-5H2,1-3H3/t6?,7?,8-,9+. The van der Waals surface area contributed by atoms with Crippen LogP contribution in [0.5, 0.6) is 0 Å². The van der Waals surface area contributed by atoms with Gasteiger partial charge in [-0.1, -0.05) is 6.92 Å². The molecule has 1 aliphatic rings. The number of aliphatic hydroxyl groups excluding tert-OH is 2. The van der Waals surface area contributed by atoms with Crippen molar-refractivity contribution >= 4 is 5.97 Å². The molecule has 2 unspecified atom stereocenters. The number of aliphatic hydroxyl groups is 2. The van der Waals surface area contributed by atoms with Crippen molar-refractivity contribution < 1.29 is 19.7 Å². The number of carbonyl (C=O) groups excluding carboxylic acids is 1. The molecule has 15 heavy (non-hydrogen) atoms. The van der Waals surface area contributed by atoms with E-state index in [4.69, 9.17) is 0 Å². The molecule has 0 aromatic rings. The van der Waals surface area contributed by atoms with Crippen LogP contribution in [0.1, 0.15) is 13.8 Å². The van der Waals surface area contributed by atoms with Crippen molar-refractivity contribution in [2.45, 2.75) is 32.1 Å². The quantitative estimate of drug-likeness (QED) is 0.607. The molecule has 0 amide bonds. The van der Waals surface area contributed by atoms with Gasteiger partial charge >= 0.3 is 5.97 Å². The van der Waals surface area contributed by atoms with Crippen LogP contribution in [0.2, 0.25) is 0 Å².